The number of nitrogens with two attached hydrogens (primary N) is 1. The predicted molar refractivity (Wildman–Crippen MR) is 83.4 cm³/mol. The number of hydrogen-bond donors (Lipinski definition) is 1. The van der Waals surface area contributed by atoms with E-state index in [1.807, 2.05) is 12.4 Å². The zero-order chi connectivity index (χ0) is 13.9. The van der Waals surface area contributed by atoms with Crippen LogP contribution >= 0.6 is 0 Å². The smallest absolute Gasteiger partial charge is 0.0958 e. The molecule has 2 aromatic rings. The summed E-state index contributed by atoms with van der Waals surface area (Å²) in [6.07, 6.45) is 8.58. The second-order valence-corrected chi connectivity index (χ2v) is 6.24. The lowest BCUT2D eigenvalue weighted by Gasteiger charge is -2.32. The summed E-state index contributed by atoms with van der Waals surface area (Å²) < 4.78 is 2.21. The molecule has 3 rings (SSSR count). The first-order chi connectivity index (χ1) is 9.78. The van der Waals surface area contributed by atoms with Crippen LogP contribution in [0, 0.1) is 11.8 Å². The third kappa shape index (κ3) is 2.73. The first kappa shape index (κ1) is 13.6. The largest absolute Gasteiger partial charge is 0.329 e. The maximum absolute atomic E-state index is 6.47. The summed E-state index contributed by atoms with van der Waals surface area (Å²) >= 11 is 0. The molecule has 1 aliphatic carbocycles. The maximum atomic E-state index is 6.47. The van der Waals surface area contributed by atoms with Crippen molar-refractivity contribution >= 4 is 11.0 Å². The van der Waals surface area contributed by atoms with Crippen molar-refractivity contribution in [1.29, 1.82) is 0 Å². The van der Waals surface area contributed by atoms with Gasteiger partial charge in [0, 0.05) is 12.6 Å². The minimum absolute atomic E-state index is 0.255. The summed E-state index contributed by atoms with van der Waals surface area (Å²) in [5.74, 6) is 1.62. The number of hydrogen-bond acceptors (Lipinski definition) is 2. The highest BCUT2D eigenvalue weighted by Gasteiger charge is 2.25. The van der Waals surface area contributed by atoms with E-state index in [9.17, 15) is 0 Å². The molecule has 1 heterocycles. The molecule has 1 fully saturated rings. The third-order valence-corrected chi connectivity index (χ3v) is 5.01. The number of fused-ring (bicyclic) bond motifs is 1. The van der Waals surface area contributed by atoms with E-state index in [4.69, 9.17) is 5.73 Å². The second-order valence-electron chi connectivity index (χ2n) is 6.24. The Morgan fingerprint density at radius 3 is 2.75 bits per heavy atom. The molecule has 0 bridgehead atoms. The number of nitrogens with zero attached hydrogens (tertiary/aromatic N) is 2. The molecule has 20 heavy (non-hydrogen) atoms. The van der Waals surface area contributed by atoms with E-state index in [1.54, 1.807) is 0 Å². The van der Waals surface area contributed by atoms with Gasteiger partial charge in [-0.25, -0.2) is 4.98 Å². The molecule has 0 spiro atoms. The van der Waals surface area contributed by atoms with Gasteiger partial charge in [0.05, 0.1) is 17.4 Å². The van der Waals surface area contributed by atoms with Crippen molar-refractivity contribution in [2.45, 2.75) is 51.6 Å². The lowest BCUT2D eigenvalue weighted by atomic mass is 9.78. The Labute approximate surface area is 121 Å². The van der Waals surface area contributed by atoms with Gasteiger partial charge in [0.2, 0.25) is 0 Å². The highest BCUT2D eigenvalue weighted by Crippen LogP contribution is 2.32. The number of para-hydroxylation sites is 2. The molecule has 1 saturated carbocycles. The Bertz CT molecular complexity index is 552. The van der Waals surface area contributed by atoms with Gasteiger partial charge in [-0.3, -0.25) is 0 Å². The molecule has 3 nitrogen and oxygen atoms in total. The van der Waals surface area contributed by atoms with Gasteiger partial charge in [-0.1, -0.05) is 38.3 Å². The molecular weight excluding hydrogens is 246 g/mol. The standard InChI is InChI=1S/C17H25N3/c1-2-13-7-9-14(10-8-13)15(18)11-20-12-19-16-5-3-4-6-17(16)20/h3-6,12-15H,2,7-11,18H2,1H3. The number of rotatable bonds is 4. The van der Waals surface area contributed by atoms with Crippen molar-refractivity contribution < 1.29 is 0 Å². The number of aromatic nitrogens is 2. The molecule has 2 N–H and O–H groups in total. The minimum atomic E-state index is 0.255. The van der Waals surface area contributed by atoms with E-state index in [1.165, 1.54) is 37.6 Å². The van der Waals surface area contributed by atoms with Crippen LogP contribution in [0.1, 0.15) is 39.0 Å². The van der Waals surface area contributed by atoms with Crippen LogP contribution in [-0.2, 0) is 6.54 Å². The van der Waals surface area contributed by atoms with Gasteiger partial charge in [0.25, 0.3) is 0 Å². The summed E-state index contributed by atoms with van der Waals surface area (Å²) in [6.45, 7) is 3.20. The highest BCUT2D eigenvalue weighted by atomic mass is 15.1. The molecule has 0 aliphatic heterocycles. The molecule has 0 saturated heterocycles. The minimum Gasteiger partial charge on any atom is -0.329 e. The number of imidazole rings is 1. The summed E-state index contributed by atoms with van der Waals surface area (Å²) in [5.41, 5.74) is 8.73. The van der Waals surface area contributed by atoms with Gasteiger partial charge in [-0.2, -0.15) is 0 Å². The van der Waals surface area contributed by atoms with Crippen LogP contribution < -0.4 is 5.73 Å². The van der Waals surface area contributed by atoms with Gasteiger partial charge < -0.3 is 10.3 Å². The van der Waals surface area contributed by atoms with Crippen molar-refractivity contribution in [1.82, 2.24) is 9.55 Å². The Balaban J connectivity index is 1.65. The van der Waals surface area contributed by atoms with E-state index < -0.39 is 0 Å². The fraction of sp³-hybridized carbons (Fsp3) is 0.588. The van der Waals surface area contributed by atoms with Crippen molar-refractivity contribution in [2.75, 3.05) is 0 Å². The lowest BCUT2D eigenvalue weighted by molar-refractivity contribution is 0.228. The Kier molecular flexibility index (Phi) is 4.06. The Hall–Kier alpha value is -1.35. The van der Waals surface area contributed by atoms with E-state index in [-0.39, 0.29) is 6.04 Å². The first-order valence-corrected chi connectivity index (χ1v) is 7.93. The quantitative estimate of drug-likeness (QED) is 0.923. The van der Waals surface area contributed by atoms with Gasteiger partial charge in [-0.05, 0) is 36.8 Å². The lowest BCUT2D eigenvalue weighted by Crippen LogP contribution is -2.36. The Morgan fingerprint density at radius 1 is 1.25 bits per heavy atom. The fourth-order valence-corrected chi connectivity index (χ4v) is 3.56. The van der Waals surface area contributed by atoms with Crippen LogP contribution in [0.5, 0.6) is 0 Å². The molecule has 1 aliphatic rings. The normalized spacial score (nSPS) is 24.9. The van der Waals surface area contributed by atoms with Crippen LogP contribution in [-0.4, -0.2) is 15.6 Å². The molecular formula is C17H25N3. The van der Waals surface area contributed by atoms with Gasteiger partial charge in [0.15, 0.2) is 0 Å². The van der Waals surface area contributed by atoms with Crippen LogP contribution in [0.25, 0.3) is 11.0 Å². The summed E-state index contributed by atoms with van der Waals surface area (Å²) in [4.78, 5) is 4.45. The summed E-state index contributed by atoms with van der Waals surface area (Å²) in [5, 5.41) is 0. The zero-order valence-electron chi connectivity index (χ0n) is 12.3. The van der Waals surface area contributed by atoms with Crippen LogP contribution in [0.2, 0.25) is 0 Å². The molecule has 0 radical (unpaired) electrons. The highest BCUT2D eigenvalue weighted by molar-refractivity contribution is 5.74. The molecule has 108 valence electrons. The summed E-state index contributed by atoms with van der Waals surface area (Å²) in [6, 6.07) is 8.54. The van der Waals surface area contributed by atoms with Crippen molar-refractivity contribution in [3.63, 3.8) is 0 Å². The van der Waals surface area contributed by atoms with Crippen LogP contribution in [0.4, 0.5) is 0 Å². The monoisotopic (exact) mass is 271 g/mol. The van der Waals surface area contributed by atoms with E-state index in [0.717, 1.165) is 18.0 Å². The van der Waals surface area contributed by atoms with Crippen LogP contribution in [0.15, 0.2) is 30.6 Å². The maximum Gasteiger partial charge on any atom is 0.0958 e. The van der Waals surface area contributed by atoms with Gasteiger partial charge >= 0.3 is 0 Å². The number of benzene rings is 1. The molecule has 1 aromatic carbocycles. The van der Waals surface area contributed by atoms with Gasteiger partial charge in [-0.15, -0.1) is 0 Å². The predicted octanol–water partition coefficient (Wildman–Crippen LogP) is 3.58. The molecule has 3 heteroatoms. The van der Waals surface area contributed by atoms with E-state index in [0.29, 0.717) is 5.92 Å². The second kappa shape index (κ2) is 5.96. The van der Waals surface area contributed by atoms with Crippen LogP contribution in [0.3, 0.4) is 0 Å². The zero-order valence-corrected chi connectivity index (χ0v) is 12.3. The third-order valence-electron chi connectivity index (χ3n) is 5.01. The topological polar surface area (TPSA) is 43.8 Å². The van der Waals surface area contributed by atoms with E-state index in [2.05, 4.69) is 34.7 Å². The SMILES string of the molecule is CCC1CCC(C(N)Cn2cnc3ccccc32)CC1. The van der Waals surface area contributed by atoms with Crippen molar-refractivity contribution in [3.8, 4) is 0 Å². The molecule has 1 aromatic heterocycles. The Morgan fingerprint density at radius 2 is 2.00 bits per heavy atom. The average molecular weight is 271 g/mol. The first-order valence-electron chi connectivity index (χ1n) is 7.93. The molecule has 1 unspecified atom stereocenters. The average Bonchev–Trinajstić information content (AvgIpc) is 2.91. The van der Waals surface area contributed by atoms with E-state index >= 15 is 0 Å². The summed E-state index contributed by atoms with van der Waals surface area (Å²) in [7, 11) is 0. The molecule has 0 amide bonds. The van der Waals surface area contributed by atoms with Crippen molar-refractivity contribution in [2.24, 2.45) is 17.6 Å². The van der Waals surface area contributed by atoms with Crippen molar-refractivity contribution in [3.05, 3.63) is 30.6 Å². The van der Waals surface area contributed by atoms with Gasteiger partial charge in [0.1, 0.15) is 0 Å². The fourth-order valence-electron chi connectivity index (χ4n) is 3.56. The molecule has 1 atom stereocenters.